The van der Waals surface area contributed by atoms with Crippen molar-refractivity contribution in [2.45, 2.75) is 38.8 Å². The molecule has 0 saturated carbocycles. The summed E-state index contributed by atoms with van der Waals surface area (Å²) in [5.74, 6) is -0.476. The highest BCUT2D eigenvalue weighted by atomic mass is 35.5. The molecule has 0 spiro atoms. The fourth-order valence-corrected chi connectivity index (χ4v) is 1.78. The van der Waals surface area contributed by atoms with E-state index in [9.17, 15) is 9.59 Å². The molecule has 1 rings (SSSR count). The van der Waals surface area contributed by atoms with Gasteiger partial charge >= 0.3 is 0 Å². The van der Waals surface area contributed by atoms with E-state index >= 15 is 0 Å². The Morgan fingerprint density at radius 2 is 2.12 bits per heavy atom. The Hall–Kier alpha value is -0.810. The van der Waals surface area contributed by atoms with Crippen LogP contribution in [-0.4, -0.2) is 41.9 Å². The second-order valence-electron chi connectivity index (χ2n) is 4.18. The zero-order valence-electron chi connectivity index (χ0n) is 9.73. The van der Waals surface area contributed by atoms with Gasteiger partial charge in [-0.15, -0.1) is 12.4 Å². The molecule has 0 radical (unpaired) electrons. The summed E-state index contributed by atoms with van der Waals surface area (Å²) in [6, 6.07) is -0.126. The fourth-order valence-electron chi connectivity index (χ4n) is 1.78. The maximum absolute atomic E-state index is 12.0. The Balaban J connectivity index is 0.00000225. The van der Waals surface area contributed by atoms with E-state index in [1.54, 1.807) is 0 Å². The Kier molecular flexibility index (Phi) is 6.36. The first-order valence-electron chi connectivity index (χ1n) is 5.34. The van der Waals surface area contributed by atoms with Crippen molar-refractivity contribution in [3.63, 3.8) is 0 Å². The van der Waals surface area contributed by atoms with Crippen LogP contribution in [0.5, 0.6) is 0 Å². The number of primary amides is 1. The van der Waals surface area contributed by atoms with Crippen LogP contribution in [0.1, 0.15) is 26.7 Å². The van der Waals surface area contributed by atoms with Crippen LogP contribution < -0.4 is 11.1 Å². The number of nitrogens with two attached hydrogens (primary N) is 1. The Morgan fingerprint density at radius 3 is 2.50 bits per heavy atom. The van der Waals surface area contributed by atoms with Gasteiger partial charge in [0.15, 0.2) is 0 Å². The zero-order chi connectivity index (χ0) is 11.4. The Labute approximate surface area is 102 Å². The van der Waals surface area contributed by atoms with Crippen molar-refractivity contribution in [1.29, 1.82) is 0 Å². The van der Waals surface area contributed by atoms with Crippen LogP contribution in [0, 0.1) is 0 Å². The number of rotatable bonds is 4. The summed E-state index contributed by atoms with van der Waals surface area (Å²) in [5, 5.41) is 3.12. The van der Waals surface area contributed by atoms with Gasteiger partial charge in [0.05, 0.1) is 12.6 Å². The maximum Gasteiger partial charge on any atom is 0.240 e. The molecule has 1 unspecified atom stereocenters. The van der Waals surface area contributed by atoms with E-state index in [1.807, 2.05) is 13.8 Å². The van der Waals surface area contributed by atoms with E-state index in [-0.39, 0.29) is 36.9 Å². The minimum Gasteiger partial charge on any atom is -0.368 e. The van der Waals surface area contributed by atoms with Crippen LogP contribution in [0.4, 0.5) is 0 Å². The minimum absolute atomic E-state index is 0. The molecule has 3 N–H and O–H groups in total. The molecular formula is C10H20ClN3O2. The van der Waals surface area contributed by atoms with Gasteiger partial charge in [-0.25, -0.2) is 0 Å². The molecule has 16 heavy (non-hydrogen) atoms. The largest absolute Gasteiger partial charge is 0.368 e. The number of carbonyl (C=O) groups excluding carboxylic acids is 2. The lowest BCUT2D eigenvalue weighted by atomic mass is 10.1. The molecule has 2 amide bonds. The predicted octanol–water partition coefficient (Wildman–Crippen LogP) is -0.117. The lowest BCUT2D eigenvalue weighted by Crippen LogP contribution is -2.49. The third kappa shape index (κ3) is 3.98. The lowest BCUT2D eigenvalue weighted by Gasteiger charge is -2.28. The number of carbonyl (C=O) groups is 2. The molecule has 0 aromatic heterocycles. The molecular weight excluding hydrogens is 230 g/mol. The average molecular weight is 250 g/mol. The molecule has 0 aromatic carbocycles. The van der Waals surface area contributed by atoms with Crippen LogP contribution in [0.2, 0.25) is 0 Å². The van der Waals surface area contributed by atoms with Gasteiger partial charge in [-0.05, 0) is 33.2 Å². The van der Waals surface area contributed by atoms with Gasteiger partial charge in [0.1, 0.15) is 0 Å². The first-order chi connectivity index (χ1) is 7.02. The van der Waals surface area contributed by atoms with Crippen molar-refractivity contribution in [2.75, 3.05) is 13.1 Å². The van der Waals surface area contributed by atoms with E-state index in [1.165, 1.54) is 4.90 Å². The number of hydrogen-bond acceptors (Lipinski definition) is 3. The van der Waals surface area contributed by atoms with Crippen molar-refractivity contribution < 1.29 is 9.59 Å². The molecule has 0 bridgehead atoms. The highest BCUT2D eigenvalue weighted by Gasteiger charge is 2.28. The molecule has 1 aliphatic rings. The molecule has 5 nitrogen and oxygen atoms in total. The average Bonchev–Trinajstić information content (AvgIpc) is 2.65. The van der Waals surface area contributed by atoms with Gasteiger partial charge in [0.2, 0.25) is 11.8 Å². The normalized spacial score (nSPS) is 19.3. The van der Waals surface area contributed by atoms with Crippen molar-refractivity contribution in [2.24, 2.45) is 5.73 Å². The summed E-state index contributed by atoms with van der Waals surface area (Å²) in [7, 11) is 0. The highest BCUT2D eigenvalue weighted by Crippen LogP contribution is 2.10. The SMILES string of the molecule is CC(C)N(CC(N)=O)C(=O)C1CCCN1.Cl. The van der Waals surface area contributed by atoms with Crippen molar-refractivity contribution in [3.05, 3.63) is 0 Å². The topological polar surface area (TPSA) is 75.4 Å². The third-order valence-corrected chi connectivity index (χ3v) is 2.59. The van der Waals surface area contributed by atoms with Gasteiger partial charge in [0.25, 0.3) is 0 Å². The predicted molar refractivity (Wildman–Crippen MR) is 64.3 cm³/mol. The maximum atomic E-state index is 12.0. The Bertz CT molecular complexity index is 252. The second kappa shape index (κ2) is 6.70. The van der Waals surface area contributed by atoms with E-state index in [0.717, 1.165) is 19.4 Å². The van der Waals surface area contributed by atoms with Gasteiger partial charge in [-0.3, -0.25) is 9.59 Å². The number of amides is 2. The molecule has 0 aromatic rings. The number of hydrogen-bond donors (Lipinski definition) is 2. The second-order valence-corrected chi connectivity index (χ2v) is 4.18. The standard InChI is InChI=1S/C10H19N3O2.ClH/c1-7(2)13(6-9(11)14)10(15)8-4-3-5-12-8;/h7-8,12H,3-6H2,1-2H3,(H2,11,14);1H. The van der Waals surface area contributed by atoms with E-state index in [2.05, 4.69) is 5.32 Å². The quantitative estimate of drug-likeness (QED) is 0.730. The van der Waals surface area contributed by atoms with E-state index < -0.39 is 5.91 Å². The highest BCUT2D eigenvalue weighted by molar-refractivity contribution is 5.87. The van der Waals surface area contributed by atoms with Crippen LogP contribution >= 0.6 is 12.4 Å². The van der Waals surface area contributed by atoms with E-state index in [0.29, 0.717) is 0 Å². The third-order valence-electron chi connectivity index (χ3n) is 2.59. The minimum atomic E-state index is -0.463. The summed E-state index contributed by atoms with van der Waals surface area (Å²) in [6.45, 7) is 4.65. The molecule has 1 fully saturated rings. The number of nitrogens with zero attached hydrogens (tertiary/aromatic N) is 1. The van der Waals surface area contributed by atoms with Crippen LogP contribution in [0.25, 0.3) is 0 Å². The molecule has 94 valence electrons. The summed E-state index contributed by atoms with van der Waals surface area (Å²) in [6.07, 6.45) is 1.86. The van der Waals surface area contributed by atoms with Gasteiger partial charge in [-0.1, -0.05) is 0 Å². The molecule has 1 atom stereocenters. The molecule has 1 heterocycles. The Morgan fingerprint density at radius 1 is 1.50 bits per heavy atom. The summed E-state index contributed by atoms with van der Waals surface area (Å²) in [4.78, 5) is 24.4. The summed E-state index contributed by atoms with van der Waals surface area (Å²) >= 11 is 0. The van der Waals surface area contributed by atoms with Gasteiger partial charge < -0.3 is 16.0 Å². The molecule has 1 aliphatic heterocycles. The van der Waals surface area contributed by atoms with Crippen molar-refractivity contribution in [1.82, 2.24) is 10.2 Å². The fraction of sp³-hybridized carbons (Fsp3) is 0.800. The molecule has 0 aliphatic carbocycles. The van der Waals surface area contributed by atoms with Crippen LogP contribution in [0.15, 0.2) is 0 Å². The van der Waals surface area contributed by atoms with Crippen LogP contribution in [0.3, 0.4) is 0 Å². The molecule has 1 saturated heterocycles. The van der Waals surface area contributed by atoms with Gasteiger partial charge in [-0.2, -0.15) is 0 Å². The zero-order valence-corrected chi connectivity index (χ0v) is 10.5. The summed E-state index contributed by atoms with van der Waals surface area (Å²) < 4.78 is 0. The number of nitrogens with one attached hydrogen (secondary N) is 1. The van der Waals surface area contributed by atoms with Crippen molar-refractivity contribution in [3.8, 4) is 0 Å². The monoisotopic (exact) mass is 249 g/mol. The smallest absolute Gasteiger partial charge is 0.240 e. The van der Waals surface area contributed by atoms with Crippen molar-refractivity contribution >= 4 is 24.2 Å². The molecule has 6 heteroatoms. The van der Waals surface area contributed by atoms with Crippen LogP contribution in [-0.2, 0) is 9.59 Å². The van der Waals surface area contributed by atoms with Gasteiger partial charge in [0, 0.05) is 6.04 Å². The lowest BCUT2D eigenvalue weighted by molar-refractivity contribution is -0.138. The first-order valence-corrected chi connectivity index (χ1v) is 5.34. The first kappa shape index (κ1) is 15.2. The number of halogens is 1. The summed E-state index contributed by atoms with van der Waals surface area (Å²) in [5.41, 5.74) is 5.11. The van der Waals surface area contributed by atoms with E-state index in [4.69, 9.17) is 5.73 Å².